The molecule has 2 rings (SSSR count). The van der Waals surface area contributed by atoms with Crippen molar-refractivity contribution in [3.8, 4) is 5.75 Å². The summed E-state index contributed by atoms with van der Waals surface area (Å²) in [4.78, 5) is 23.7. The molecule has 3 N–H and O–H groups in total. The monoisotopic (exact) mass is 318 g/mol. The number of primary amides is 1. The molecule has 0 aliphatic carbocycles. The largest absolute Gasteiger partial charge is 0.491 e. The minimum absolute atomic E-state index is 0.105. The number of rotatable bonds is 7. The van der Waals surface area contributed by atoms with Gasteiger partial charge in [-0.1, -0.05) is 25.1 Å². The van der Waals surface area contributed by atoms with Crippen molar-refractivity contribution in [2.24, 2.45) is 5.73 Å². The zero-order valence-electron chi connectivity index (χ0n) is 12.2. The number of nitrogens with one attached hydrogen (secondary N) is 1. The van der Waals surface area contributed by atoms with E-state index >= 15 is 0 Å². The summed E-state index contributed by atoms with van der Waals surface area (Å²) in [5.41, 5.74) is 5.53. The molecule has 0 fully saturated rings. The Morgan fingerprint density at radius 1 is 1.32 bits per heavy atom. The van der Waals surface area contributed by atoms with Crippen molar-refractivity contribution in [2.45, 2.75) is 19.4 Å². The number of benzene rings is 1. The van der Waals surface area contributed by atoms with Crippen molar-refractivity contribution in [3.63, 3.8) is 0 Å². The summed E-state index contributed by atoms with van der Waals surface area (Å²) < 4.78 is 5.65. The van der Waals surface area contributed by atoms with E-state index in [1.807, 2.05) is 37.3 Å². The number of para-hydroxylation sites is 1. The first-order chi connectivity index (χ1) is 10.6. The highest BCUT2D eigenvalue weighted by atomic mass is 32.1. The van der Waals surface area contributed by atoms with Gasteiger partial charge in [0.2, 0.25) is 5.91 Å². The summed E-state index contributed by atoms with van der Waals surface area (Å²) >= 11 is 1.20. The van der Waals surface area contributed by atoms with E-state index < -0.39 is 5.91 Å². The van der Waals surface area contributed by atoms with Crippen LogP contribution in [0, 0.1) is 0 Å². The first-order valence-electron chi connectivity index (χ1n) is 6.97. The number of carbonyl (C=O) groups is 2. The Hall–Kier alpha value is -2.34. The number of nitrogens with two attached hydrogens (primary N) is 1. The quantitative estimate of drug-likeness (QED) is 0.822. The van der Waals surface area contributed by atoms with E-state index in [0.717, 1.165) is 12.2 Å². The first kappa shape index (κ1) is 16.0. The summed E-state index contributed by atoms with van der Waals surface area (Å²) in [6.45, 7) is 2.36. The van der Waals surface area contributed by atoms with Crippen molar-refractivity contribution < 1.29 is 14.3 Å². The average molecular weight is 318 g/mol. The van der Waals surface area contributed by atoms with Crippen molar-refractivity contribution in [2.75, 3.05) is 6.61 Å². The molecule has 0 aliphatic rings. The van der Waals surface area contributed by atoms with Gasteiger partial charge in [0.25, 0.3) is 5.91 Å². The Morgan fingerprint density at radius 2 is 2.05 bits per heavy atom. The van der Waals surface area contributed by atoms with Gasteiger partial charge in [-0.25, -0.2) is 0 Å². The maximum atomic E-state index is 12.2. The van der Waals surface area contributed by atoms with Crippen molar-refractivity contribution >= 4 is 23.2 Å². The predicted molar refractivity (Wildman–Crippen MR) is 86.3 cm³/mol. The van der Waals surface area contributed by atoms with Gasteiger partial charge in [0.15, 0.2) is 0 Å². The lowest BCUT2D eigenvalue weighted by atomic mass is 10.2. The predicted octanol–water partition coefficient (Wildman–Crippen LogP) is 2.43. The van der Waals surface area contributed by atoms with E-state index in [4.69, 9.17) is 10.5 Å². The van der Waals surface area contributed by atoms with E-state index in [-0.39, 0.29) is 11.9 Å². The number of hydrogen-bond donors (Lipinski definition) is 2. The van der Waals surface area contributed by atoms with Crippen LogP contribution in [0.25, 0.3) is 0 Å². The lowest BCUT2D eigenvalue weighted by Gasteiger charge is -2.17. The highest BCUT2D eigenvalue weighted by Crippen LogP contribution is 2.15. The van der Waals surface area contributed by atoms with Crippen LogP contribution in [0.2, 0.25) is 0 Å². The third kappa shape index (κ3) is 4.33. The number of hydrogen-bond acceptors (Lipinski definition) is 4. The van der Waals surface area contributed by atoms with E-state index in [9.17, 15) is 9.59 Å². The molecular weight excluding hydrogens is 300 g/mol. The highest BCUT2D eigenvalue weighted by molar-refractivity contribution is 7.12. The van der Waals surface area contributed by atoms with Crippen LogP contribution >= 0.6 is 11.3 Å². The Balaban J connectivity index is 1.91. The molecular formula is C16H18N2O3S. The Labute approximate surface area is 133 Å². The zero-order chi connectivity index (χ0) is 15.9. The second-order valence-corrected chi connectivity index (χ2v) is 5.68. The molecule has 0 spiro atoms. The SMILES string of the molecule is CC[C@@H](COc1ccccc1)NC(=O)c1cc(C(N)=O)cs1. The molecule has 1 heterocycles. The normalized spacial score (nSPS) is 11.7. The molecule has 1 atom stereocenters. The second-order valence-electron chi connectivity index (χ2n) is 4.77. The summed E-state index contributed by atoms with van der Waals surface area (Å²) in [7, 11) is 0. The molecule has 116 valence electrons. The minimum atomic E-state index is -0.533. The van der Waals surface area contributed by atoms with Gasteiger partial charge in [0.1, 0.15) is 12.4 Å². The van der Waals surface area contributed by atoms with Gasteiger partial charge < -0.3 is 15.8 Å². The topological polar surface area (TPSA) is 81.4 Å². The lowest BCUT2D eigenvalue weighted by Crippen LogP contribution is -2.38. The molecule has 22 heavy (non-hydrogen) atoms. The smallest absolute Gasteiger partial charge is 0.261 e. The number of thiophene rings is 1. The zero-order valence-corrected chi connectivity index (χ0v) is 13.1. The molecule has 0 saturated carbocycles. The van der Waals surface area contributed by atoms with E-state index in [1.54, 1.807) is 5.38 Å². The van der Waals surface area contributed by atoms with Crippen LogP contribution in [0.4, 0.5) is 0 Å². The van der Waals surface area contributed by atoms with Gasteiger partial charge in [0.05, 0.1) is 16.5 Å². The fourth-order valence-electron chi connectivity index (χ4n) is 1.82. The van der Waals surface area contributed by atoms with Crippen LogP contribution in [0.15, 0.2) is 41.8 Å². The molecule has 0 unspecified atom stereocenters. The summed E-state index contributed by atoms with van der Waals surface area (Å²) in [5.74, 6) is 0.0121. The number of carbonyl (C=O) groups excluding carboxylic acids is 2. The van der Waals surface area contributed by atoms with Gasteiger partial charge in [0, 0.05) is 5.38 Å². The third-order valence-electron chi connectivity index (χ3n) is 3.13. The van der Waals surface area contributed by atoms with Crippen LogP contribution in [-0.4, -0.2) is 24.5 Å². The molecule has 0 aliphatic heterocycles. The van der Waals surface area contributed by atoms with Crippen molar-refractivity contribution in [1.29, 1.82) is 0 Å². The summed E-state index contributed by atoms with van der Waals surface area (Å²) in [5, 5.41) is 4.48. The summed E-state index contributed by atoms with van der Waals surface area (Å²) in [6, 6.07) is 10.8. The van der Waals surface area contributed by atoms with Gasteiger partial charge in [-0.2, -0.15) is 0 Å². The number of ether oxygens (including phenoxy) is 1. The maximum Gasteiger partial charge on any atom is 0.261 e. The Bertz CT molecular complexity index is 640. The molecule has 2 amide bonds. The van der Waals surface area contributed by atoms with Crippen LogP contribution in [0.3, 0.4) is 0 Å². The van der Waals surface area contributed by atoms with Crippen molar-refractivity contribution in [1.82, 2.24) is 5.32 Å². The Morgan fingerprint density at radius 3 is 2.64 bits per heavy atom. The van der Waals surface area contributed by atoms with Gasteiger partial charge in [-0.15, -0.1) is 11.3 Å². The molecule has 5 nitrogen and oxygen atoms in total. The molecule has 1 aromatic carbocycles. The minimum Gasteiger partial charge on any atom is -0.491 e. The molecule has 0 radical (unpaired) electrons. The Kier molecular flexibility index (Phi) is 5.55. The van der Waals surface area contributed by atoms with Crippen LogP contribution < -0.4 is 15.8 Å². The van der Waals surface area contributed by atoms with Gasteiger partial charge >= 0.3 is 0 Å². The second kappa shape index (κ2) is 7.61. The van der Waals surface area contributed by atoms with E-state index in [1.165, 1.54) is 17.4 Å². The maximum absolute atomic E-state index is 12.2. The molecule has 2 aromatic rings. The van der Waals surface area contributed by atoms with Gasteiger partial charge in [-0.3, -0.25) is 9.59 Å². The lowest BCUT2D eigenvalue weighted by molar-refractivity contribution is 0.0924. The van der Waals surface area contributed by atoms with Crippen LogP contribution in [-0.2, 0) is 0 Å². The van der Waals surface area contributed by atoms with Crippen LogP contribution in [0.1, 0.15) is 33.4 Å². The fraction of sp³-hybridized carbons (Fsp3) is 0.250. The average Bonchev–Trinajstić information content (AvgIpc) is 3.02. The third-order valence-corrected chi connectivity index (χ3v) is 4.06. The van der Waals surface area contributed by atoms with E-state index in [2.05, 4.69) is 5.32 Å². The molecule has 1 aromatic heterocycles. The van der Waals surface area contributed by atoms with Crippen LogP contribution in [0.5, 0.6) is 5.75 Å². The molecule has 6 heteroatoms. The molecule has 0 bridgehead atoms. The van der Waals surface area contributed by atoms with Gasteiger partial charge in [-0.05, 0) is 24.6 Å². The number of amides is 2. The standard InChI is InChI=1S/C16H18N2O3S/c1-2-12(9-21-13-6-4-3-5-7-13)18-16(20)14-8-11(10-22-14)15(17)19/h3-8,10,12H,2,9H2,1H3,(H2,17,19)(H,18,20)/t12-/m0/s1. The molecule has 0 saturated heterocycles. The summed E-state index contributed by atoms with van der Waals surface area (Å²) in [6.07, 6.45) is 0.743. The van der Waals surface area contributed by atoms with Crippen molar-refractivity contribution in [3.05, 3.63) is 52.2 Å². The fourth-order valence-corrected chi connectivity index (χ4v) is 2.62. The highest BCUT2D eigenvalue weighted by Gasteiger charge is 2.16. The first-order valence-corrected chi connectivity index (χ1v) is 7.85. The van der Waals surface area contributed by atoms with E-state index in [0.29, 0.717) is 17.0 Å².